The van der Waals surface area contributed by atoms with Gasteiger partial charge in [-0.05, 0) is 94.8 Å². The van der Waals surface area contributed by atoms with Crippen LogP contribution in [0.5, 0.6) is 0 Å². The minimum Gasteiger partial charge on any atom is -0.265 e. The molecule has 2 heterocycles. The fraction of sp³-hybridized carbons (Fsp3) is 0.120. The normalized spacial score (nSPS) is 13.7. The van der Waals surface area contributed by atoms with Gasteiger partial charge >= 0.3 is 0 Å². The second-order valence-electron chi connectivity index (χ2n) is 7.53. The summed E-state index contributed by atoms with van der Waals surface area (Å²) in [5.74, 6) is 0. The van der Waals surface area contributed by atoms with E-state index in [1.807, 2.05) is 24.8 Å². The maximum atomic E-state index is 4.22. The number of rotatable bonds is 4. The van der Waals surface area contributed by atoms with E-state index in [0.29, 0.717) is 0 Å². The number of nitrogens with zero attached hydrogens (tertiary/aromatic N) is 2. The average molecular weight is 506 g/mol. The molecule has 0 saturated heterocycles. The standard InChI is InChI=1S/C25H18Br2N2/c26-19-1-3-21-22-4-2-20(27)14-24(22)25(23(21)13-19,15-17-5-9-28-10-6-17)16-18-7-11-29-12-8-18/h1-14H,15-16H2. The molecule has 0 radical (unpaired) electrons. The van der Waals surface area contributed by atoms with Crippen molar-refractivity contribution in [1.82, 2.24) is 9.97 Å². The van der Waals surface area contributed by atoms with E-state index >= 15 is 0 Å². The molecule has 1 aliphatic rings. The Kier molecular flexibility index (Phi) is 4.84. The molecule has 2 nitrogen and oxygen atoms in total. The third-order valence-corrected chi connectivity index (χ3v) is 6.78. The molecule has 1 aliphatic carbocycles. The fourth-order valence-corrected chi connectivity index (χ4v) is 5.30. The summed E-state index contributed by atoms with van der Waals surface area (Å²) in [5, 5.41) is 0. The van der Waals surface area contributed by atoms with Gasteiger partial charge in [0.05, 0.1) is 0 Å². The summed E-state index contributed by atoms with van der Waals surface area (Å²) >= 11 is 7.43. The van der Waals surface area contributed by atoms with Crippen molar-refractivity contribution in [3.8, 4) is 11.1 Å². The van der Waals surface area contributed by atoms with Crippen molar-refractivity contribution in [1.29, 1.82) is 0 Å². The zero-order valence-electron chi connectivity index (χ0n) is 15.6. The molecule has 0 spiro atoms. The van der Waals surface area contributed by atoms with Crippen LogP contribution >= 0.6 is 31.9 Å². The number of hydrogen-bond donors (Lipinski definition) is 0. The van der Waals surface area contributed by atoms with Crippen molar-refractivity contribution in [3.05, 3.63) is 117 Å². The summed E-state index contributed by atoms with van der Waals surface area (Å²) in [7, 11) is 0. The zero-order chi connectivity index (χ0) is 19.8. The molecular weight excluding hydrogens is 488 g/mol. The molecule has 29 heavy (non-hydrogen) atoms. The quantitative estimate of drug-likeness (QED) is 0.306. The van der Waals surface area contributed by atoms with Crippen LogP contribution in [0, 0.1) is 0 Å². The second kappa shape index (κ2) is 7.51. The van der Waals surface area contributed by atoms with Gasteiger partial charge in [0.15, 0.2) is 0 Å². The van der Waals surface area contributed by atoms with Crippen molar-refractivity contribution in [2.75, 3.05) is 0 Å². The maximum absolute atomic E-state index is 4.22. The van der Waals surface area contributed by atoms with Gasteiger partial charge in [-0.1, -0.05) is 44.0 Å². The first-order valence-electron chi connectivity index (χ1n) is 9.54. The molecule has 2 aromatic carbocycles. The molecule has 0 bridgehead atoms. The van der Waals surface area contributed by atoms with Crippen molar-refractivity contribution < 1.29 is 0 Å². The summed E-state index contributed by atoms with van der Waals surface area (Å²) in [4.78, 5) is 8.44. The first-order valence-corrected chi connectivity index (χ1v) is 11.1. The van der Waals surface area contributed by atoms with E-state index in [1.165, 1.54) is 33.4 Å². The number of hydrogen-bond acceptors (Lipinski definition) is 2. The van der Waals surface area contributed by atoms with Crippen LogP contribution in [-0.4, -0.2) is 9.97 Å². The van der Waals surface area contributed by atoms with Crippen molar-refractivity contribution in [2.24, 2.45) is 0 Å². The largest absolute Gasteiger partial charge is 0.265 e. The molecule has 0 amide bonds. The van der Waals surface area contributed by atoms with Gasteiger partial charge < -0.3 is 0 Å². The Morgan fingerprint density at radius 2 is 1.00 bits per heavy atom. The molecule has 0 atom stereocenters. The molecule has 5 rings (SSSR count). The lowest BCUT2D eigenvalue weighted by Gasteiger charge is -2.33. The summed E-state index contributed by atoms with van der Waals surface area (Å²) in [6.45, 7) is 0. The van der Waals surface area contributed by atoms with E-state index in [4.69, 9.17) is 0 Å². The van der Waals surface area contributed by atoms with Gasteiger partial charge in [0, 0.05) is 39.1 Å². The predicted octanol–water partition coefficient (Wildman–Crippen LogP) is 6.75. The van der Waals surface area contributed by atoms with E-state index in [0.717, 1.165) is 21.8 Å². The first-order chi connectivity index (χ1) is 14.2. The number of pyridine rings is 2. The SMILES string of the molecule is Brc1ccc2c(c1)C(Cc1ccncc1)(Cc1ccncc1)c1cc(Br)ccc1-2. The highest BCUT2D eigenvalue weighted by Gasteiger charge is 2.43. The maximum Gasteiger partial charge on any atom is 0.0296 e. The summed E-state index contributed by atoms with van der Waals surface area (Å²) in [6.07, 6.45) is 9.35. The summed E-state index contributed by atoms with van der Waals surface area (Å²) < 4.78 is 2.22. The Bertz CT molecular complexity index is 1080. The van der Waals surface area contributed by atoms with Crippen molar-refractivity contribution in [2.45, 2.75) is 18.3 Å². The van der Waals surface area contributed by atoms with Gasteiger partial charge in [-0.3, -0.25) is 9.97 Å². The highest BCUT2D eigenvalue weighted by atomic mass is 79.9. The van der Waals surface area contributed by atoms with Crippen LogP contribution in [0.25, 0.3) is 11.1 Å². The summed E-state index contributed by atoms with van der Waals surface area (Å²) in [5.41, 5.74) is 7.78. The monoisotopic (exact) mass is 504 g/mol. The third-order valence-electron chi connectivity index (χ3n) is 5.80. The van der Waals surface area contributed by atoms with Gasteiger partial charge in [-0.25, -0.2) is 0 Å². The Morgan fingerprint density at radius 1 is 0.586 bits per heavy atom. The lowest BCUT2D eigenvalue weighted by molar-refractivity contribution is 0.519. The lowest BCUT2D eigenvalue weighted by Crippen LogP contribution is -2.31. The molecular formula is C25H18Br2N2. The second-order valence-corrected chi connectivity index (χ2v) is 9.36. The Labute approximate surface area is 187 Å². The topological polar surface area (TPSA) is 25.8 Å². The molecule has 0 aliphatic heterocycles. The van der Waals surface area contributed by atoms with Gasteiger partial charge in [0.2, 0.25) is 0 Å². The van der Waals surface area contributed by atoms with Gasteiger partial charge in [-0.2, -0.15) is 0 Å². The van der Waals surface area contributed by atoms with Crippen molar-refractivity contribution in [3.63, 3.8) is 0 Å². The average Bonchev–Trinajstić information content (AvgIpc) is 2.98. The van der Waals surface area contributed by atoms with Crippen molar-refractivity contribution >= 4 is 31.9 Å². The van der Waals surface area contributed by atoms with Crippen LogP contribution in [0.2, 0.25) is 0 Å². The fourth-order valence-electron chi connectivity index (χ4n) is 4.58. The Hall–Kier alpha value is -2.30. The van der Waals surface area contributed by atoms with E-state index in [9.17, 15) is 0 Å². The minimum absolute atomic E-state index is 0.166. The van der Waals surface area contributed by atoms with Crippen LogP contribution in [0.1, 0.15) is 22.3 Å². The molecule has 4 aromatic rings. The molecule has 2 aromatic heterocycles. The van der Waals surface area contributed by atoms with E-state index in [2.05, 4.69) is 102 Å². The Balaban J connectivity index is 1.79. The Morgan fingerprint density at radius 3 is 1.41 bits per heavy atom. The van der Waals surface area contributed by atoms with Gasteiger partial charge in [-0.15, -0.1) is 0 Å². The molecule has 0 fully saturated rings. The summed E-state index contributed by atoms with van der Waals surface area (Å²) in [6, 6.07) is 21.9. The van der Waals surface area contributed by atoms with Crippen LogP contribution in [0.4, 0.5) is 0 Å². The number of benzene rings is 2. The number of halogens is 2. The molecule has 0 unspecified atom stereocenters. The lowest BCUT2D eigenvalue weighted by atomic mass is 9.70. The van der Waals surface area contributed by atoms with E-state index in [-0.39, 0.29) is 5.41 Å². The molecule has 0 N–H and O–H groups in total. The van der Waals surface area contributed by atoms with E-state index in [1.54, 1.807) is 0 Å². The minimum atomic E-state index is -0.166. The van der Waals surface area contributed by atoms with E-state index < -0.39 is 0 Å². The number of fused-ring (bicyclic) bond motifs is 3. The van der Waals surface area contributed by atoms with Gasteiger partial charge in [0.1, 0.15) is 0 Å². The highest BCUT2D eigenvalue weighted by Crippen LogP contribution is 2.53. The number of aromatic nitrogens is 2. The first kappa shape index (κ1) is 18.7. The van der Waals surface area contributed by atoms with Crippen LogP contribution < -0.4 is 0 Å². The third kappa shape index (κ3) is 3.34. The van der Waals surface area contributed by atoms with Crippen LogP contribution in [0.3, 0.4) is 0 Å². The van der Waals surface area contributed by atoms with Crippen LogP contribution in [0.15, 0.2) is 94.4 Å². The highest BCUT2D eigenvalue weighted by molar-refractivity contribution is 9.10. The van der Waals surface area contributed by atoms with Gasteiger partial charge in [0.25, 0.3) is 0 Å². The zero-order valence-corrected chi connectivity index (χ0v) is 18.8. The smallest absolute Gasteiger partial charge is 0.0296 e. The van der Waals surface area contributed by atoms with Crippen LogP contribution in [-0.2, 0) is 18.3 Å². The molecule has 0 saturated carbocycles. The predicted molar refractivity (Wildman–Crippen MR) is 124 cm³/mol. The molecule has 142 valence electrons. The molecule has 4 heteroatoms.